The Morgan fingerprint density at radius 2 is 2.33 bits per heavy atom. The third-order valence-electron chi connectivity index (χ3n) is 2.00. The van der Waals surface area contributed by atoms with Gasteiger partial charge in [0.25, 0.3) is 0 Å². The Bertz CT molecular complexity index is 161. The Hall–Kier alpha value is -0.510. The van der Waals surface area contributed by atoms with Crippen molar-refractivity contribution in [3.63, 3.8) is 0 Å². The lowest BCUT2D eigenvalue weighted by Crippen LogP contribution is -2.16. The SMILES string of the molecule is [2H][C@@H]1CCC[C@@](C)(C#N)C1. The van der Waals surface area contributed by atoms with Crippen LogP contribution in [0.15, 0.2) is 0 Å². The second-order valence-electron chi connectivity index (χ2n) is 3.06. The molecule has 0 aliphatic heterocycles. The lowest BCUT2D eigenvalue weighted by atomic mass is 9.77. The van der Waals surface area contributed by atoms with Gasteiger partial charge in [0.15, 0.2) is 0 Å². The van der Waals surface area contributed by atoms with Gasteiger partial charge in [-0.2, -0.15) is 5.26 Å². The van der Waals surface area contributed by atoms with Gasteiger partial charge in [-0.3, -0.25) is 0 Å². The van der Waals surface area contributed by atoms with Crippen molar-refractivity contribution in [1.82, 2.24) is 0 Å². The molecule has 0 spiro atoms. The van der Waals surface area contributed by atoms with E-state index in [4.69, 9.17) is 6.63 Å². The lowest BCUT2D eigenvalue weighted by molar-refractivity contribution is 0.296. The Labute approximate surface area is 58.1 Å². The van der Waals surface area contributed by atoms with E-state index in [0.717, 1.165) is 25.7 Å². The zero-order chi connectivity index (χ0) is 7.61. The van der Waals surface area contributed by atoms with Gasteiger partial charge in [-0.05, 0) is 19.8 Å². The summed E-state index contributed by atoms with van der Waals surface area (Å²) in [6.07, 6.45) is 3.80. The summed E-state index contributed by atoms with van der Waals surface area (Å²) in [5.41, 5.74) is -0.190. The molecule has 0 heterocycles. The molecule has 1 fully saturated rings. The largest absolute Gasteiger partial charge is 0.198 e. The van der Waals surface area contributed by atoms with E-state index in [1.807, 2.05) is 6.92 Å². The van der Waals surface area contributed by atoms with Gasteiger partial charge in [0, 0.05) is 1.37 Å². The van der Waals surface area contributed by atoms with Crippen LogP contribution in [0.3, 0.4) is 0 Å². The molecule has 0 N–H and O–H groups in total. The number of nitrogens with zero attached hydrogens (tertiary/aromatic N) is 1. The molecule has 9 heavy (non-hydrogen) atoms. The summed E-state index contributed by atoms with van der Waals surface area (Å²) < 4.78 is 7.48. The average molecular weight is 124 g/mol. The van der Waals surface area contributed by atoms with E-state index in [0.29, 0.717) is 0 Å². The molecule has 0 bridgehead atoms. The van der Waals surface area contributed by atoms with Crippen LogP contribution in [-0.2, 0) is 0 Å². The quantitative estimate of drug-likeness (QED) is 0.486. The highest BCUT2D eigenvalue weighted by Crippen LogP contribution is 2.34. The third kappa shape index (κ3) is 1.45. The number of hydrogen-bond acceptors (Lipinski definition) is 1. The van der Waals surface area contributed by atoms with Crippen LogP contribution >= 0.6 is 0 Å². The van der Waals surface area contributed by atoms with Crippen molar-refractivity contribution < 1.29 is 1.37 Å². The van der Waals surface area contributed by atoms with Gasteiger partial charge < -0.3 is 0 Å². The van der Waals surface area contributed by atoms with Crippen molar-refractivity contribution in [2.75, 3.05) is 0 Å². The highest BCUT2D eigenvalue weighted by Gasteiger charge is 2.25. The van der Waals surface area contributed by atoms with Crippen molar-refractivity contribution in [2.24, 2.45) is 5.41 Å². The fraction of sp³-hybridized carbons (Fsp3) is 0.875. The maximum absolute atomic E-state index is 8.73. The second kappa shape index (κ2) is 2.39. The minimum Gasteiger partial charge on any atom is -0.198 e. The van der Waals surface area contributed by atoms with Crippen LogP contribution in [0.25, 0.3) is 0 Å². The van der Waals surface area contributed by atoms with Crippen LogP contribution in [0.2, 0.25) is 0 Å². The van der Waals surface area contributed by atoms with Crippen LogP contribution in [0.5, 0.6) is 0 Å². The van der Waals surface area contributed by atoms with Crippen LogP contribution in [0.1, 0.15) is 40.4 Å². The van der Waals surface area contributed by atoms with E-state index in [2.05, 4.69) is 6.07 Å². The summed E-state index contributed by atoms with van der Waals surface area (Å²) in [5.74, 6) is 0. The van der Waals surface area contributed by atoms with Gasteiger partial charge in [-0.1, -0.05) is 19.2 Å². The van der Waals surface area contributed by atoms with Gasteiger partial charge in [0.1, 0.15) is 0 Å². The molecule has 0 unspecified atom stereocenters. The molecule has 0 aromatic rings. The van der Waals surface area contributed by atoms with Gasteiger partial charge in [0.2, 0.25) is 0 Å². The van der Waals surface area contributed by atoms with Crippen LogP contribution in [0, 0.1) is 16.7 Å². The third-order valence-corrected chi connectivity index (χ3v) is 2.00. The molecule has 1 rings (SSSR count). The van der Waals surface area contributed by atoms with E-state index in [9.17, 15) is 0 Å². The second-order valence-corrected chi connectivity index (χ2v) is 3.06. The van der Waals surface area contributed by atoms with E-state index >= 15 is 0 Å². The van der Waals surface area contributed by atoms with Crippen LogP contribution in [-0.4, -0.2) is 0 Å². The predicted octanol–water partition coefficient (Wildman–Crippen LogP) is 2.48. The van der Waals surface area contributed by atoms with Gasteiger partial charge >= 0.3 is 0 Å². The smallest absolute Gasteiger partial charge is 0.0686 e. The van der Waals surface area contributed by atoms with E-state index in [1.54, 1.807) is 0 Å². The zero-order valence-electron chi connectivity index (χ0n) is 6.85. The molecule has 0 aromatic carbocycles. The van der Waals surface area contributed by atoms with Gasteiger partial charge in [0.05, 0.1) is 11.5 Å². The molecule has 50 valence electrons. The van der Waals surface area contributed by atoms with Crippen molar-refractivity contribution in [1.29, 1.82) is 5.26 Å². The highest BCUT2D eigenvalue weighted by molar-refractivity contribution is 4.96. The lowest BCUT2D eigenvalue weighted by Gasteiger charge is -2.25. The average Bonchev–Trinajstić information content (AvgIpc) is 1.88. The van der Waals surface area contributed by atoms with Crippen molar-refractivity contribution in [3.05, 3.63) is 0 Å². The van der Waals surface area contributed by atoms with Gasteiger partial charge in [-0.25, -0.2) is 0 Å². The molecule has 1 heteroatoms. The first kappa shape index (κ1) is 5.29. The molecule has 0 aromatic heterocycles. The van der Waals surface area contributed by atoms with Gasteiger partial charge in [-0.15, -0.1) is 0 Å². The number of hydrogen-bond donors (Lipinski definition) is 0. The van der Waals surface area contributed by atoms with Crippen molar-refractivity contribution >= 4 is 0 Å². The van der Waals surface area contributed by atoms with Crippen LogP contribution < -0.4 is 0 Å². The fourth-order valence-electron chi connectivity index (χ4n) is 1.26. The Morgan fingerprint density at radius 1 is 1.56 bits per heavy atom. The first-order valence-corrected chi connectivity index (χ1v) is 3.50. The molecule has 0 saturated heterocycles. The maximum Gasteiger partial charge on any atom is 0.0686 e. The Morgan fingerprint density at radius 3 is 2.78 bits per heavy atom. The zero-order valence-corrected chi connectivity index (χ0v) is 5.85. The maximum atomic E-state index is 8.73. The summed E-state index contributed by atoms with van der Waals surface area (Å²) in [4.78, 5) is 0. The van der Waals surface area contributed by atoms with E-state index < -0.39 is 0 Å². The minimum atomic E-state index is -0.190. The Balaban J connectivity index is 2.56. The first-order chi connectivity index (χ1) is 4.66. The van der Waals surface area contributed by atoms with Crippen molar-refractivity contribution in [3.8, 4) is 6.07 Å². The van der Waals surface area contributed by atoms with Crippen LogP contribution in [0.4, 0.5) is 0 Å². The van der Waals surface area contributed by atoms with E-state index in [1.165, 1.54) is 0 Å². The summed E-state index contributed by atoms with van der Waals surface area (Å²) >= 11 is 0. The fourth-order valence-corrected chi connectivity index (χ4v) is 1.26. The standard InChI is InChI=1S/C8H13N/c1-8(7-9)5-3-2-4-6-8/h2-6H2,1H3/i3D/t3-,8+/m1/s1. The number of rotatable bonds is 0. The normalized spacial score (nSPS) is 45.3. The molecule has 1 aliphatic rings. The number of nitriles is 1. The molecule has 1 saturated carbocycles. The Kier molecular flexibility index (Phi) is 1.40. The molecule has 2 atom stereocenters. The van der Waals surface area contributed by atoms with Crippen molar-refractivity contribution in [2.45, 2.75) is 39.0 Å². The molecular formula is C8H13N. The molecule has 1 aliphatic carbocycles. The highest BCUT2D eigenvalue weighted by atomic mass is 14.4. The molecule has 1 nitrogen and oxygen atoms in total. The summed E-state index contributed by atoms with van der Waals surface area (Å²) in [6, 6.07) is 2.29. The monoisotopic (exact) mass is 124 g/mol. The molecule has 0 amide bonds. The first-order valence-electron chi connectivity index (χ1n) is 4.07. The minimum absolute atomic E-state index is 0.0124. The summed E-state index contributed by atoms with van der Waals surface area (Å²) in [5, 5.41) is 8.73. The van der Waals surface area contributed by atoms with E-state index in [-0.39, 0.29) is 11.8 Å². The summed E-state index contributed by atoms with van der Waals surface area (Å²) in [6.45, 7) is 1.97. The topological polar surface area (TPSA) is 23.8 Å². The molecular weight excluding hydrogens is 110 g/mol. The summed E-state index contributed by atoms with van der Waals surface area (Å²) in [7, 11) is 0. The molecule has 0 radical (unpaired) electrons. The predicted molar refractivity (Wildman–Crippen MR) is 36.8 cm³/mol.